The third-order valence-electron chi connectivity index (χ3n) is 3.20. The predicted octanol–water partition coefficient (Wildman–Crippen LogP) is 0.103. The van der Waals surface area contributed by atoms with Crippen LogP contribution in [0.3, 0.4) is 0 Å². The van der Waals surface area contributed by atoms with Crippen molar-refractivity contribution in [2.24, 2.45) is 0 Å². The van der Waals surface area contributed by atoms with Crippen molar-refractivity contribution < 1.29 is 28.7 Å². The van der Waals surface area contributed by atoms with Crippen molar-refractivity contribution in [2.75, 3.05) is 20.8 Å². The van der Waals surface area contributed by atoms with Crippen LogP contribution in [0.1, 0.15) is 15.9 Å². The summed E-state index contributed by atoms with van der Waals surface area (Å²) in [6.45, 7) is 0.0311. The Labute approximate surface area is 126 Å². The van der Waals surface area contributed by atoms with E-state index in [1.165, 1.54) is 14.2 Å². The van der Waals surface area contributed by atoms with E-state index in [-0.39, 0.29) is 12.1 Å². The third-order valence-corrected chi connectivity index (χ3v) is 3.20. The maximum Gasteiger partial charge on any atom is 0.341 e. The molecule has 4 amide bonds. The van der Waals surface area contributed by atoms with Gasteiger partial charge in [0.1, 0.15) is 11.3 Å². The molecular formula is C14H14N2O6. The monoisotopic (exact) mass is 306 g/mol. The number of nitrogens with one attached hydrogen (secondary N) is 1. The fourth-order valence-electron chi connectivity index (χ4n) is 2.06. The van der Waals surface area contributed by atoms with E-state index in [0.717, 1.165) is 4.90 Å². The predicted molar refractivity (Wildman–Crippen MR) is 73.3 cm³/mol. The number of ether oxygens (including phenoxy) is 2. The molecule has 1 aromatic carbocycles. The van der Waals surface area contributed by atoms with E-state index in [9.17, 15) is 19.2 Å². The molecule has 0 bridgehead atoms. The molecule has 1 aliphatic heterocycles. The lowest BCUT2D eigenvalue weighted by Crippen LogP contribution is -2.33. The molecule has 1 heterocycles. The molecule has 1 fully saturated rings. The highest BCUT2D eigenvalue weighted by molar-refractivity contribution is 6.44. The van der Waals surface area contributed by atoms with Crippen LogP contribution in [0, 0.1) is 0 Å². The van der Waals surface area contributed by atoms with Gasteiger partial charge < -0.3 is 9.47 Å². The number of hydrogen-bond donors (Lipinski definition) is 1. The lowest BCUT2D eigenvalue weighted by Gasteiger charge is -2.12. The highest BCUT2D eigenvalue weighted by Gasteiger charge is 2.36. The zero-order valence-corrected chi connectivity index (χ0v) is 12.0. The van der Waals surface area contributed by atoms with E-state index < -0.39 is 23.8 Å². The number of esters is 1. The molecular weight excluding hydrogens is 292 g/mol. The van der Waals surface area contributed by atoms with Crippen LogP contribution in [0.5, 0.6) is 5.75 Å². The van der Waals surface area contributed by atoms with Gasteiger partial charge in [-0.1, -0.05) is 6.07 Å². The fraction of sp³-hybridized carbons (Fsp3) is 0.286. The van der Waals surface area contributed by atoms with E-state index in [1.807, 2.05) is 5.32 Å². The number of amides is 4. The average Bonchev–Trinajstić information content (AvgIpc) is 2.77. The molecule has 1 aliphatic rings. The zero-order chi connectivity index (χ0) is 16.3. The Balaban J connectivity index is 2.14. The molecule has 1 aromatic rings. The second kappa shape index (κ2) is 6.25. The lowest BCUT2D eigenvalue weighted by molar-refractivity contribution is -0.140. The second-order valence-electron chi connectivity index (χ2n) is 4.49. The van der Waals surface area contributed by atoms with Gasteiger partial charge in [0.05, 0.1) is 14.2 Å². The molecule has 0 atom stereocenters. The number of benzene rings is 1. The molecule has 8 nitrogen and oxygen atoms in total. The Bertz CT molecular complexity index is 655. The third kappa shape index (κ3) is 2.90. The molecule has 22 heavy (non-hydrogen) atoms. The van der Waals surface area contributed by atoms with Crippen molar-refractivity contribution in [3.8, 4) is 5.75 Å². The first-order valence-electron chi connectivity index (χ1n) is 6.40. The van der Waals surface area contributed by atoms with E-state index in [2.05, 4.69) is 4.74 Å². The van der Waals surface area contributed by atoms with Crippen molar-refractivity contribution in [1.29, 1.82) is 0 Å². The normalized spacial score (nSPS) is 14.1. The van der Waals surface area contributed by atoms with Gasteiger partial charge in [-0.25, -0.2) is 9.59 Å². The summed E-state index contributed by atoms with van der Waals surface area (Å²) in [6.07, 6.45) is 0.292. The lowest BCUT2D eigenvalue weighted by atomic mass is 10.1. The summed E-state index contributed by atoms with van der Waals surface area (Å²) in [5.74, 6) is -2.01. The molecule has 8 heteroatoms. The smallest absolute Gasteiger partial charge is 0.341 e. The number of hydrogen-bond acceptors (Lipinski definition) is 6. The summed E-state index contributed by atoms with van der Waals surface area (Å²) in [7, 11) is 2.69. The first-order valence-corrected chi connectivity index (χ1v) is 6.40. The Kier molecular flexibility index (Phi) is 4.40. The van der Waals surface area contributed by atoms with Gasteiger partial charge in [-0.3, -0.25) is 19.8 Å². The van der Waals surface area contributed by atoms with E-state index in [1.54, 1.807) is 18.2 Å². The van der Waals surface area contributed by atoms with Gasteiger partial charge in [-0.2, -0.15) is 0 Å². The number of rotatable bonds is 5. The molecule has 0 unspecified atom stereocenters. The number of methoxy groups -OCH3 is 2. The molecule has 1 N–H and O–H groups in total. The van der Waals surface area contributed by atoms with Gasteiger partial charge in [0, 0.05) is 6.54 Å². The van der Waals surface area contributed by atoms with Crippen LogP contribution >= 0.6 is 0 Å². The van der Waals surface area contributed by atoms with Gasteiger partial charge in [0.2, 0.25) is 0 Å². The Hall–Kier alpha value is -2.90. The van der Waals surface area contributed by atoms with Crippen molar-refractivity contribution in [2.45, 2.75) is 6.42 Å². The topological polar surface area (TPSA) is 102 Å². The van der Waals surface area contributed by atoms with Crippen LogP contribution in [0.2, 0.25) is 0 Å². The fourth-order valence-corrected chi connectivity index (χ4v) is 2.06. The Morgan fingerprint density at radius 2 is 1.95 bits per heavy atom. The van der Waals surface area contributed by atoms with Crippen molar-refractivity contribution in [3.05, 3.63) is 29.3 Å². The molecule has 0 saturated carbocycles. The van der Waals surface area contributed by atoms with Gasteiger partial charge >= 0.3 is 23.8 Å². The number of urea groups is 1. The SMILES string of the molecule is COC(=O)c1cc(CCN2C(=O)NC(=O)C2=O)ccc1OC. The van der Waals surface area contributed by atoms with Gasteiger partial charge in [0.25, 0.3) is 0 Å². The number of carbonyl (C=O) groups excluding carboxylic acids is 4. The Morgan fingerprint density at radius 3 is 2.50 bits per heavy atom. The molecule has 0 aromatic heterocycles. The van der Waals surface area contributed by atoms with Crippen LogP contribution in [0.4, 0.5) is 4.79 Å². The zero-order valence-electron chi connectivity index (χ0n) is 12.0. The van der Waals surface area contributed by atoms with Gasteiger partial charge in [0.15, 0.2) is 0 Å². The second-order valence-corrected chi connectivity index (χ2v) is 4.49. The number of carbonyl (C=O) groups is 4. The number of nitrogens with zero attached hydrogens (tertiary/aromatic N) is 1. The quantitative estimate of drug-likeness (QED) is 0.470. The summed E-state index contributed by atoms with van der Waals surface area (Å²) < 4.78 is 9.74. The summed E-state index contributed by atoms with van der Waals surface area (Å²) in [5.41, 5.74) is 0.942. The highest BCUT2D eigenvalue weighted by atomic mass is 16.5. The van der Waals surface area contributed by atoms with E-state index in [4.69, 9.17) is 4.74 Å². The standard InChI is InChI=1S/C14H14N2O6/c1-21-10-4-3-8(7-9(10)13(19)22-2)5-6-16-12(18)11(17)15-14(16)20/h3-4,7H,5-6H2,1-2H3,(H,15,17,20). The molecule has 1 saturated heterocycles. The van der Waals surface area contributed by atoms with Crippen LogP contribution in [-0.4, -0.2) is 49.5 Å². The van der Waals surface area contributed by atoms with Crippen molar-refractivity contribution >= 4 is 23.8 Å². The Morgan fingerprint density at radius 1 is 1.23 bits per heavy atom. The van der Waals surface area contributed by atoms with Gasteiger partial charge in [-0.15, -0.1) is 0 Å². The van der Waals surface area contributed by atoms with Crippen LogP contribution in [-0.2, 0) is 20.7 Å². The maximum atomic E-state index is 11.7. The van der Waals surface area contributed by atoms with E-state index in [0.29, 0.717) is 17.7 Å². The van der Waals surface area contributed by atoms with Gasteiger partial charge in [-0.05, 0) is 24.1 Å². The van der Waals surface area contributed by atoms with E-state index >= 15 is 0 Å². The average molecular weight is 306 g/mol. The molecule has 116 valence electrons. The molecule has 2 rings (SSSR count). The van der Waals surface area contributed by atoms with Crippen LogP contribution < -0.4 is 10.1 Å². The molecule has 0 radical (unpaired) electrons. The van der Waals surface area contributed by atoms with Crippen molar-refractivity contribution in [1.82, 2.24) is 10.2 Å². The summed E-state index contributed by atoms with van der Waals surface area (Å²) in [6, 6.07) is 4.12. The summed E-state index contributed by atoms with van der Waals surface area (Å²) in [4.78, 5) is 46.4. The molecule has 0 spiro atoms. The summed E-state index contributed by atoms with van der Waals surface area (Å²) >= 11 is 0. The maximum absolute atomic E-state index is 11.7. The molecule has 0 aliphatic carbocycles. The first kappa shape index (κ1) is 15.5. The summed E-state index contributed by atoms with van der Waals surface area (Å²) in [5, 5.41) is 1.91. The minimum absolute atomic E-state index is 0.0311. The van der Waals surface area contributed by atoms with Crippen LogP contribution in [0.15, 0.2) is 18.2 Å². The minimum Gasteiger partial charge on any atom is -0.496 e. The minimum atomic E-state index is -0.935. The largest absolute Gasteiger partial charge is 0.496 e. The van der Waals surface area contributed by atoms with Crippen molar-refractivity contribution in [3.63, 3.8) is 0 Å². The first-order chi connectivity index (χ1) is 10.5. The van der Waals surface area contributed by atoms with Crippen LogP contribution in [0.25, 0.3) is 0 Å². The highest BCUT2D eigenvalue weighted by Crippen LogP contribution is 2.21. The number of imide groups is 2.